The van der Waals surface area contributed by atoms with Crippen molar-refractivity contribution in [2.75, 3.05) is 44.3 Å². The summed E-state index contributed by atoms with van der Waals surface area (Å²) in [4.78, 5) is 30.5. The molecule has 3 N–H and O–H groups in total. The van der Waals surface area contributed by atoms with Crippen LogP contribution in [-0.2, 0) is 0 Å². The number of nitrogens with one attached hydrogen (secondary N) is 1. The number of benzene rings is 1. The average Bonchev–Trinajstić information content (AvgIpc) is 3.43. The van der Waals surface area contributed by atoms with E-state index in [2.05, 4.69) is 25.2 Å². The molecule has 0 spiro atoms. The van der Waals surface area contributed by atoms with Gasteiger partial charge in [0.15, 0.2) is 0 Å². The quantitative estimate of drug-likeness (QED) is 0.559. The fraction of sp³-hybridized carbons (Fsp3) is 0.407. The van der Waals surface area contributed by atoms with Gasteiger partial charge in [0.25, 0.3) is 5.91 Å². The number of hydrogen-bond acceptors (Lipinski definition) is 7. The van der Waals surface area contributed by atoms with Crippen molar-refractivity contribution in [2.45, 2.75) is 38.6 Å². The lowest BCUT2D eigenvalue weighted by Gasteiger charge is -2.38. The number of aryl methyl sites for hydroxylation is 1. The molecule has 9 heteroatoms. The van der Waals surface area contributed by atoms with Crippen molar-refractivity contribution in [2.24, 2.45) is 0 Å². The van der Waals surface area contributed by atoms with Crippen LogP contribution in [0.3, 0.4) is 0 Å². The van der Waals surface area contributed by atoms with Crippen molar-refractivity contribution in [3.8, 4) is 22.4 Å². The van der Waals surface area contributed by atoms with E-state index in [9.17, 15) is 4.79 Å². The minimum atomic E-state index is -0.524. The molecular formula is C27H32FN7O. The summed E-state index contributed by atoms with van der Waals surface area (Å²) in [5.41, 5.74) is 8.94. The number of pyridine rings is 1. The molecule has 36 heavy (non-hydrogen) atoms. The molecule has 3 aromatic rings. The van der Waals surface area contributed by atoms with Crippen LogP contribution in [0.4, 0.5) is 16.2 Å². The van der Waals surface area contributed by atoms with Gasteiger partial charge in [0.05, 0.1) is 11.4 Å². The van der Waals surface area contributed by atoms with Crippen molar-refractivity contribution < 1.29 is 9.18 Å². The Hall–Kier alpha value is -3.59. The molecule has 0 unspecified atom stereocenters. The highest BCUT2D eigenvalue weighted by Gasteiger charge is 2.29. The number of rotatable bonds is 5. The summed E-state index contributed by atoms with van der Waals surface area (Å²) >= 11 is 0. The van der Waals surface area contributed by atoms with E-state index in [-0.39, 0.29) is 17.4 Å². The van der Waals surface area contributed by atoms with Crippen molar-refractivity contribution in [1.82, 2.24) is 24.8 Å². The van der Waals surface area contributed by atoms with E-state index in [0.717, 1.165) is 18.7 Å². The Morgan fingerprint density at radius 3 is 2.47 bits per heavy atom. The standard InChI is InChI=1S/C27H32FN7O/c1-17-24(19-8-10-23(30-2)31-16-19)25(33-27(29)32-17)21-9-7-18(15-22(21)28)26(36)35-13-11-34(12-14-35)20-5-3-4-6-20/h7-10,15-16,20H,3-6,11-14H2,1-2H3,(H,30,31)(H2,29,32,33). The Bertz CT molecular complexity index is 1250. The summed E-state index contributed by atoms with van der Waals surface area (Å²) in [5.74, 6) is 0.110. The van der Waals surface area contributed by atoms with Gasteiger partial charge in [-0.2, -0.15) is 0 Å². The van der Waals surface area contributed by atoms with Crippen molar-refractivity contribution in [3.05, 3.63) is 53.6 Å². The Balaban J connectivity index is 1.40. The summed E-state index contributed by atoms with van der Waals surface area (Å²) in [5, 5.41) is 2.98. The molecule has 2 aromatic heterocycles. The van der Waals surface area contributed by atoms with Crippen LogP contribution >= 0.6 is 0 Å². The molecule has 2 fully saturated rings. The smallest absolute Gasteiger partial charge is 0.254 e. The van der Waals surface area contributed by atoms with E-state index in [0.29, 0.717) is 47.5 Å². The number of halogens is 1. The van der Waals surface area contributed by atoms with Crippen LogP contribution in [0.2, 0.25) is 0 Å². The van der Waals surface area contributed by atoms with Gasteiger partial charge in [0, 0.05) is 67.7 Å². The van der Waals surface area contributed by atoms with Crippen molar-refractivity contribution in [3.63, 3.8) is 0 Å². The summed E-state index contributed by atoms with van der Waals surface area (Å²) in [6.07, 6.45) is 6.80. The molecule has 1 aliphatic carbocycles. The Morgan fingerprint density at radius 2 is 1.83 bits per heavy atom. The minimum Gasteiger partial charge on any atom is -0.373 e. The van der Waals surface area contributed by atoms with E-state index in [1.165, 1.54) is 31.7 Å². The summed E-state index contributed by atoms with van der Waals surface area (Å²) in [6.45, 7) is 4.89. The van der Waals surface area contributed by atoms with Gasteiger partial charge >= 0.3 is 0 Å². The highest BCUT2D eigenvalue weighted by atomic mass is 19.1. The lowest BCUT2D eigenvalue weighted by molar-refractivity contribution is 0.0573. The molecule has 0 atom stereocenters. The number of nitrogens with zero attached hydrogens (tertiary/aromatic N) is 5. The third kappa shape index (κ3) is 4.75. The number of aromatic nitrogens is 3. The number of amides is 1. The van der Waals surface area contributed by atoms with Crippen LogP contribution in [0.1, 0.15) is 41.7 Å². The first kappa shape index (κ1) is 24.1. The van der Waals surface area contributed by atoms with Gasteiger partial charge in [0.1, 0.15) is 11.6 Å². The molecule has 1 saturated carbocycles. The highest BCUT2D eigenvalue weighted by Crippen LogP contribution is 2.35. The predicted molar refractivity (Wildman–Crippen MR) is 139 cm³/mol. The third-order valence-corrected chi connectivity index (χ3v) is 7.33. The Labute approximate surface area is 210 Å². The second kappa shape index (κ2) is 10.2. The second-order valence-electron chi connectivity index (χ2n) is 9.53. The Kier molecular flexibility index (Phi) is 6.82. The van der Waals surface area contributed by atoms with Crippen molar-refractivity contribution >= 4 is 17.7 Å². The zero-order valence-corrected chi connectivity index (χ0v) is 20.8. The number of carbonyl (C=O) groups excluding carboxylic acids is 1. The maximum atomic E-state index is 15.5. The molecule has 0 bridgehead atoms. The largest absolute Gasteiger partial charge is 0.373 e. The molecule has 1 aromatic carbocycles. The number of nitrogens with two attached hydrogens (primary N) is 1. The predicted octanol–water partition coefficient (Wildman–Crippen LogP) is 3.98. The molecule has 5 rings (SSSR count). The van der Waals surface area contributed by atoms with Crippen LogP contribution in [0.25, 0.3) is 22.4 Å². The molecular weight excluding hydrogens is 457 g/mol. The van der Waals surface area contributed by atoms with Crippen LogP contribution in [0.15, 0.2) is 36.5 Å². The van der Waals surface area contributed by atoms with Gasteiger partial charge in [-0.15, -0.1) is 0 Å². The fourth-order valence-corrected chi connectivity index (χ4v) is 5.41. The molecule has 1 saturated heterocycles. The molecule has 188 valence electrons. The highest BCUT2D eigenvalue weighted by molar-refractivity contribution is 5.95. The number of nitrogen functional groups attached to an aromatic ring is 1. The van der Waals surface area contributed by atoms with Gasteiger partial charge < -0.3 is 16.0 Å². The molecule has 0 radical (unpaired) electrons. The summed E-state index contributed by atoms with van der Waals surface area (Å²) in [7, 11) is 1.79. The first-order valence-electron chi connectivity index (χ1n) is 12.6. The molecule has 1 amide bonds. The molecule has 3 heterocycles. The lowest BCUT2D eigenvalue weighted by atomic mass is 9.97. The molecule has 1 aliphatic heterocycles. The SMILES string of the molecule is CNc1ccc(-c2c(C)nc(N)nc2-c2ccc(C(=O)N3CCN(C4CCCC4)CC3)cc2F)cn1. The van der Waals surface area contributed by atoms with Crippen LogP contribution < -0.4 is 11.1 Å². The first-order valence-corrected chi connectivity index (χ1v) is 12.6. The number of anilines is 2. The van der Waals surface area contributed by atoms with Gasteiger partial charge in [-0.1, -0.05) is 12.8 Å². The number of piperazine rings is 1. The molecule has 8 nitrogen and oxygen atoms in total. The monoisotopic (exact) mass is 489 g/mol. The maximum absolute atomic E-state index is 15.5. The zero-order valence-electron chi connectivity index (χ0n) is 20.8. The van der Waals surface area contributed by atoms with Crippen LogP contribution in [-0.4, -0.2) is 69.9 Å². The topological polar surface area (TPSA) is 100 Å². The normalized spacial score (nSPS) is 16.9. The fourth-order valence-electron chi connectivity index (χ4n) is 5.41. The zero-order chi connectivity index (χ0) is 25.2. The van der Waals surface area contributed by atoms with E-state index in [4.69, 9.17) is 5.73 Å². The van der Waals surface area contributed by atoms with Gasteiger partial charge in [-0.05, 0) is 50.1 Å². The summed E-state index contributed by atoms with van der Waals surface area (Å²) in [6, 6.07) is 8.95. The lowest BCUT2D eigenvalue weighted by Crippen LogP contribution is -2.51. The second-order valence-corrected chi connectivity index (χ2v) is 9.53. The maximum Gasteiger partial charge on any atom is 0.254 e. The third-order valence-electron chi connectivity index (χ3n) is 7.33. The Morgan fingerprint density at radius 1 is 1.08 bits per heavy atom. The van der Waals surface area contributed by atoms with E-state index in [1.54, 1.807) is 25.4 Å². The van der Waals surface area contributed by atoms with Gasteiger partial charge in [-0.3, -0.25) is 9.69 Å². The van der Waals surface area contributed by atoms with Gasteiger partial charge in [-0.25, -0.2) is 19.3 Å². The average molecular weight is 490 g/mol. The van der Waals surface area contributed by atoms with Crippen LogP contribution in [0, 0.1) is 12.7 Å². The summed E-state index contributed by atoms with van der Waals surface area (Å²) < 4.78 is 15.5. The first-order chi connectivity index (χ1) is 17.4. The minimum absolute atomic E-state index is 0.0609. The number of carbonyl (C=O) groups is 1. The van der Waals surface area contributed by atoms with E-state index < -0.39 is 5.82 Å². The van der Waals surface area contributed by atoms with Crippen LogP contribution in [0.5, 0.6) is 0 Å². The molecule has 2 aliphatic rings. The van der Waals surface area contributed by atoms with E-state index in [1.807, 2.05) is 24.0 Å². The number of hydrogen-bond donors (Lipinski definition) is 2. The van der Waals surface area contributed by atoms with Gasteiger partial charge in [0.2, 0.25) is 5.95 Å². The van der Waals surface area contributed by atoms with Crippen molar-refractivity contribution in [1.29, 1.82) is 0 Å². The van der Waals surface area contributed by atoms with E-state index >= 15 is 4.39 Å².